The van der Waals surface area contributed by atoms with Crippen molar-refractivity contribution in [1.29, 1.82) is 0 Å². The van der Waals surface area contributed by atoms with Crippen LogP contribution in [0.4, 0.5) is 0 Å². The summed E-state index contributed by atoms with van der Waals surface area (Å²) in [6, 6.07) is 10.1. The summed E-state index contributed by atoms with van der Waals surface area (Å²) in [5, 5.41) is 19.9. The second kappa shape index (κ2) is 14.3. The number of carbonyl (C=O) groups excluding carboxylic acids is 1. The van der Waals surface area contributed by atoms with Gasteiger partial charge in [0.1, 0.15) is 6.61 Å². The topological polar surface area (TPSA) is 127 Å². The quantitative estimate of drug-likeness (QED) is 0.329. The van der Waals surface area contributed by atoms with Gasteiger partial charge in [0.15, 0.2) is 23.0 Å². The molecule has 0 bridgehead atoms. The number of aliphatic carboxylic acids is 1. The fourth-order valence-electron chi connectivity index (χ4n) is 5.56. The van der Waals surface area contributed by atoms with Crippen LogP contribution < -0.4 is 23.7 Å². The Hall–Kier alpha value is -3.70. The van der Waals surface area contributed by atoms with Crippen LogP contribution in [0.25, 0.3) is 0 Å². The molecule has 0 radical (unpaired) electrons. The van der Waals surface area contributed by atoms with E-state index in [1.165, 1.54) is 7.11 Å². The number of amides is 1. The van der Waals surface area contributed by atoms with E-state index in [4.69, 9.17) is 23.7 Å². The maximum atomic E-state index is 13.5. The van der Waals surface area contributed by atoms with Gasteiger partial charge in [-0.2, -0.15) is 0 Å². The highest BCUT2D eigenvalue weighted by molar-refractivity contribution is 5.79. The molecule has 2 heterocycles. The zero-order valence-electron chi connectivity index (χ0n) is 23.9. The first kappa shape index (κ1) is 30.3. The van der Waals surface area contributed by atoms with Crippen LogP contribution in [-0.4, -0.2) is 98.3 Å². The summed E-state index contributed by atoms with van der Waals surface area (Å²) in [6.07, 6.45) is 2.25. The number of hydrogen-bond acceptors (Lipinski definition) is 9. The van der Waals surface area contributed by atoms with Crippen molar-refractivity contribution in [3.8, 4) is 28.7 Å². The van der Waals surface area contributed by atoms with E-state index in [1.54, 1.807) is 36.3 Å². The lowest BCUT2D eigenvalue weighted by atomic mass is 9.85. The van der Waals surface area contributed by atoms with Gasteiger partial charge in [-0.1, -0.05) is 25.5 Å². The van der Waals surface area contributed by atoms with Gasteiger partial charge in [0.2, 0.25) is 18.4 Å². The van der Waals surface area contributed by atoms with Crippen molar-refractivity contribution in [2.24, 2.45) is 5.92 Å². The van der Waals surface area contributed by atoms with Gasteiger partial charge in [0.25, 0.3) is 0 Å². The van der Waals surface area contributed by atoms with Gasteiger partial charge in [-0.05, 0) is 42.7 Å². The van der Waals surface area contributed by atoms with Crippen molar-refractivity contribution in [1.82, 2.24) is 9.80 Å². The van der Waals surface area contributed by atoms with Crippen LogP contribution >= 0.6 is 0 Å². The van der Waals surface area contributed by atoms with Crippen molar-refractivity contribution < 1.29 is 43.5 Å². The monoisotopic (exact) mass is 572 g/mol. The van der Waals surface area contributed by atoms with Gasteiger partial charge in [0.05, 0.1) is 32.7 Å². The summed E-state index contributed by atoms with van der Waals surface area (Å²) >= 11 is 0. The third-order valence-corrected chi connectivity index (χ3v) is 7.68. The Morgan fingerprint density at radius 1 is 1.05 bits per heavy atom. The molecule has 3 atom stereocenters. The van der Waals surface area contributed by atoms with E-state index in [1.807, 2.05) is 17.0 Å². The number of carboxylic acid groups (broad SMARTS) is 1. The minimum atomic E-state index is -0.988. The average Bonchev–Trinajstić information content (AvgIpc) is 3.60. The molecule has 0 saturated carbocycles. The molecule has 41 heavy (non-hydrogen) atoms. The number of carboxylic acids is 1. The van der Waals surface area contributed by atoms with E-state index < -0.39 is 23.8 Å². The third kappa shape index (κ3) is 6.97. The smallest absolute Gasteiger partial charge is 0.308 e. The Labute approximate surface area is 240 Å². The lowest BCUT2D eigenvalue weighted by molar-refractivity contribution is -0.144. The largest absolute Gasteiger partial charge is 0.493 e. The van der Waals surface area contributed by atoms with Gasteiger partial charge in [-0.25, -0.2) is 0 Å². The molecular weight excluding hydrogens is 532 g/mol. The Morgan fingerprint density at radius 2 is 1.78 bits per heavy atom. The number of unbranched alkanes of at least 4 members (excludes halogenated alkanes) is 1. The van der Waals surface area contributed by atoms with E-state index in [9.17, 15) is 19.8 Å². The summed E-state index contributed by atoms with van der Waals surface area (Å²) in [5.41, 5.74) is 0.721. The third-order valence-electron chi connectivity index (χ3n) is 7.68. The zero-order valence-corrected chi connectivity index (χ0v) is 23.9. The molecule has 2 N–H and O–H groups in total. The number of benzene rings is 2. The first-order valence-electron chi connectivity index (χ1n) is 14.0. The molecule has 11 heteroatoms. The Bertz CT molecular complexity index is 1180. The molecule has 1 fully saturated rings. The molecule has 1 saturated heterocycles. The van der Waals surface area contributed by atoms with Gasteiger partial charge >= 0.3 is 5.97 Å². The number of ether oxygens (including phenoxy) is 5. The molecule has 4 rings (SSSR count). The molecule has 0 spiro atoms. The van der Waals surface area contributed by atoms with E-state index in [0.29, 0.717) is 54.8 Å². The number of hydrogen-bond donors (Lipinski definition) is 2. The molecular formula is C30H40N2O9. The number of aliphatic hydroxyl groups excluding tert-OH is 1. The fraction of sp³-hybridized carbons (Fsp3) is 0.533. The second-order valence-electron chi connectivity index (χ2n) is 10.2. The minimum absolute atomic E-state index is 0.00982. The highest BCUT2D eigenvalue weighted by Crippen LogP contribution is 2.47. The van der Waals surface area contributed by atoms with Gasteiger partial charge in [-0.15, -0.1) is 0 Å². The van der Waals surface area contributed by atoms with Gasteiger partial charge in [-0.3, -0.25) is 14.5 Å². The highest BCUT2D eigenvalue weighted by atomic mass is 16.7. The average molecular weight is 573 g/mol. The number of nitrogens with zero attached hydrogens (tertiary/aromatic N) is 2. The number of likely N-dealkylation sites (tertiary alicyclic amines) is 1. The van der Waals surface area contributed by atoms with Gasteiger partial charge < -0.3 is 38.8 Å². The standard InChI is InChI=1S/C30H40N2O9/c1-4-5-11-31(12-8-13-33)27(34)17-32-16-21(20-14-25(38-3)29-26(15-20)40-19-41-29)28(30(35)36)22(32)18-39-24-10-7-6-9-23(24)37-2/h6-7,9-10,14-15,21-22,28,33H,4-5,8,11-13,16-19H2,1-3H3,(H,35,36)/t21-,22+,28?/m1/s1. The van der Waals surface area contributed by atoms with Crippen LogP contribution in [0.2, 0.25) is 0 Å². The van der Waals surface area contributed by atoms with E-state index in [2.05, 4.69) is 6.92 Å². The summed E-state index contributed by atoms with van der Waals surface area (Å²) in [7, 11) is 3.07. The SMILES string of the molecule is CCCCN(CCCO)C(=O)CN1C[C@H](c2cc(OC)c3c(c2)OCO3)C(C(=O)O)[C@@H]1COc1ccccc1OC. The van der Waals surface area contributed by atoms with Crippen molar-refractivity contribution in [2.45, 2.75) is 38.1 Å². The predicted octanol–water partition coefficient (Wildman–Crippen LogP) is 2.99. The number of methoxy groups -OCH3 is 2. The Kier molecular flexibility index (Phi) is 10.5. The number of fused-ring (bicyclic) bond motifs is 1. The summed E-state index contributed by atoms with van der Waals surface area (Å²) < 4.78 is 28.2. The molecule has 1 unspecified atom stereocenters. The Morgan fingerprint density at radius 3 is 2.46 bits per heavy atom. The zero-order chi connectivity index (χ0) is 29.4. The van der Waals surface area contributed by atoms with E-state index in [0.717, 1.165) is 18.4 Å². The number of para-hydroxylation sites is 2. The first-order valence-corrected chi connectivity index (χ1v) is 14.0. The van der Waals surface area contributed by atoms with Crippen LogP contribution in [0.5, 0.6) is 28.7 Å². The minimum Gasteiger partial charge on any atom is -0.493 e. The molecule has 2 aliphatic rings. The maximum Gasteiger partial charge on any atom is 0.308 e. The summed E-state index contributed by atoms with van der Waals surface area (Å²) in [4.78, 5) is 30.0. The van der Waals surface area contributed by atoms with Crippen LogP contribution in [0.1, 0.15) is 37.7 Å². The molecule has 11 nitrogen and oxygen atoms in total. The Balaban J connectivity index is 1.66. The lowest BCUT2D eigenvalue weighted by Crippen LogP contribution is -2.46. The van der Waals surface area contributed by atoms with Crippen molar-refractivity contribution in [3.05, 3.63) is 42.0 Å². The molecule has 0 aliphatic carbocycles. The number of carbonyl (C=O) groups is 2. The van der Waals surface area contributed by atoms with Crippen LogP contribution in [0.3, 0.4) is 0 Å². The van der Waals surface area contributed by atoms with E-state index in [-0.39, 0.29) is 32.5 Å². The van der Waals surface area contributed by atoms with Crippen LogP contribution in [-0.2, 0) is 9.59 Å². The second-order valence-corrected chi connectivity index (χ2v) is 10.2. The summed E-state index contributed by atoms with van der Waals surface area (Å²) in [6.45, 7) is 3.50. The van der Waals surface area contributed by atoms with Crippen LogP contribution in [0.15, 0.2) is 36.4 Å². The maximum absolute atomic E-state index is 13.5. The molecule has 2 aromatic rings. The fourth-order valence-corrected chi connectivity index (χ4v) is 5.56. The van der Waals surface area contributed by atoms with Crippen molar-refractivity contribution in [2.75, 3.05) is 60.4 Å². The predicted molar refractivity (Wildman–Crippen MR) is 150 cm³/mol. The summed E-state index contributed by atoms with van der Waals surface area (Å²) in [5.74, 6) is 0.0126. The molecule has 2 aliphatic heterocycles. The van der Waals surface area contributed by atoms with Crippen molar-refractivity contribution in [3.63, 3.8) is 0 Å². The molecule has 1 amide bonds. The number of aliphatic hydroxyl groups is 1. The lowest BCUT2D eigenvalue weighted by Gasteiger charge is -2.29. The number of rotatable bonds is 15. The first-order chi connectivity index (χ1) is 19.9. The highest BCUT2D eigenvalue weighted by Gasteiger charge is 2.48. The molecule has 0 aromatic heterocycles. The van der Waals surface area contributed by atoms with Crippen LogP contribution in [0, 0.1) is 5.92 Å². The normalized spacial score (nSPS) is 19.7. The van der Waals surface area contributed by atoms with Crippen molar-refractivity contribution >= 4 is 11.9 Å². The van der Waals surface area contributed by atoms with E-state index >= 15 is 0 Å². The molecule has 2 aromatic carbocycles. The van der Waals surface area contributed by atoms with Gasteiger partial charge in [0, 0.05) is 32.2 Å². The molecule has 224 valence electrons.